The molecule has 1 heterocycles. The van der Waals surface area contributed by atoms with Gasteiger partial charge in [0.05, 0.1) is 21.3 Å². The van der Waals surface area contributed by atoms with E-state index in [1.165, 1.54) is 17.4 Å². The molecule has 0 unspecified atom stereocenters. The van der Waals surface area contributed by atoms with Crippen LogP contribution in [0.1, 0.15) is 4.88 Å². The lowest BCUT2D eigenvalue weighted by Gasteiger charge is -2.16. The summed E-state index contributed by atoms with van der Waals surface area (Å²) in [5, 5.41) is 8.62. The number of hydrogen-bond acceptors (Lipinski definition) is 4. The third-order valence-electron chi connectivity index (χ3n) is 1.97. The van der Waals surface area contributed by atoms with Crippen molar-refractivity contribution in [3.05, 3.63) is 14.7 Å². The van der Waals surface area contributed by atoms with Crippen molar-refractivity contribution in [1.82, 2.24) is 4.31 Å². The highest BCUT2D eigenvalue weighted by molar-refractivity contribution is 9.11. The minimum absolute atomic E-state index is 0.108. The first-order chi connectivity index (χ1) is 7.93. The molecule has 1 aromatic heterocycles. The lowest BCUT2D eigenvalue weighted by Crippen LogP contribution is -2.32. The largest absolute Gasteiger partial charge is 0.246 e. The molecular weight excluding hydrogens is 324 g/mol. The van der Waals surface area contributed by atoms with Crippen molar-refractivity contribution in [2.75, 3.05) is 13.1 Å². The van der Waals surface area contributed by atoms with E-state index in [1.807, 2.05) is 0 Å². The van der Waals surface area contributed by atoms with Gasteiger partial charge >= 0.3 is 0 Å². The first kappa shape index (κ1) is 14.2. The van der Waals surface area contributed by atoms with E-state index < -0.39 is 10.0 Å². The van der Waals surface area contributed by atoms with Crippen molar-refractivity contribution in [3.63, 3.8) is 0 Å². The second kappa shape index (κ2) is 5.65. The molecule has 0 atom stereocenters. The molecule has 0 aliphatic heterocycles. The van der Waals surface area contributed by atoms with Gasteiger partial charge in [-0.2, -0.15) is 9.57 Å². The van der Waals surface area contributed by atoms with Crippen LogP contribution in [0.4, 0.5) is 0 Å². The van der Waals surface area contributed by atoms with E-state index in [0.29, 0.717) is 4.88 Å². The SMILES string of the molecule is C#CCN(CC#N)S(=O)(=O)c1cc(Br)sc1C. The highest BCUT2D eigenvalue weighted by atomic mass is 79.9. The van der Waals surface area contributed by atoms with E-state index in [4.69, 9.17) is 11.7 Å². The van der Waals surface area contributed by atoms with Crippen molar-refractivity contribution in [2.45, 2.75) is 11.8 Å². The fraction of sp³-hybridized carbons (Fsp3) is 0.300. The quantitative estimate of drug-likeness (QED) is 0.625. The summed E-state index contributed by atoms with van der Waals surface area (Å²) in [4.78, 5) is 0.858. The van der Waals surface area contributed by atoms with Crippen molar-refractivity contribution in [2.24, 2.45) is 0 Å². The molecule has 17 heavy (non-hydrogen) atoms. The van der Waals surface area contributed by atoms with Crippen molar-refractivity contribution >= 4 is 37.3 Å². The molecule has 0 bridgehead atoms. The zero-order valence-electron chi connectivity index (χ0n) is 8.97. The molecule has 0 aromatic carbocycles. The lowest BCUT2D eigenvalue weighted by molar-refractivity contribution is 0.481. The Labute approximate surface area is 113 Å². The second-order valence-electron chi connectivity index (χ2n) is 3.11. The van der Waals surface area contributed by atoms with Crippen LogP contribution >= 0.6 is 27.3 Å². The summed E-state index contributed by atoms with van der Waals surface area (Å²) in [6, 6.07) is 3.32. The Hall–Kier alpha value is -0.860. The summed E-state index contributed by atoms with van der Waals surface area (Å²) in [7, 11) is -3.69. The zero-order valence-corrected chi connectivity index (χ0v) is 12.2. The molecule has 4 nitrogen and oxygen atoms in total. The fourth-order valence-corrected chi connectivity index (χ4v) is 4.87. The Morgan fingerprint density at radius 1 is 1.59 bits per heavy atom. The number of thiophene rings is 1. The maximum absolute atomic E-state index is 12.2. The molecule has 1 rings (SSSR count). The topological polar surface area (TPSA) is 61.2 Å². The zero-order chi connectivity index (χ0) is 13.1. The minimum atomic E-state index is -3.69. The number of terminal acetylenes is 1. The second-order valence-corrected chi connectivity index (χ2v) is 7.65. The van der Waals surface area contributed by atoms with Crippen molar-refractivity contribution < 1.29 is 8.42 Å². The molecule has 0 N–H and O–H groups in total. The summed E-state index contributed by atoms with van der Waals surface area (Å²) in [6.45, 7) is 1.35. The Bertz CT molecular complexity index is 577. The highest BCUT2D eigenvalue weighted by Gasteiger charge is 2.26. The van der Waals surface area contributed by atoms with Crippen LogP contribution < -0.4 is 0 Å². The summed E-state index contributed by atoms with van der Waals surface area (Å²) in [5.74, 6) is 2.24. The van der Waals surface area contributed by atoms with Gasteiger partial charge < -0.3 is 0 Å². The lowest BCUT2D eigenvalue weighted by atomic mass is 10.5. The van der Waals surface area contributed by atoms with Crippen LogP contribution in [0.5, 0.6) is 0 Å². The van der Waals surface area contributed by atoms with E-state index in [1.54, 1.807) is 13.0 Å². The van der Waals surface area contributed by atoms with Gasteiger partial charge in [-0.1, -0.05) is 5.92 Å². The molecular formula is C10H9BrN2O2S2. The first-order valence-corrected chi connectivity index (χ1v) is 7.55. The molecule has 90 valence electrons. The average Bonchev–Trinajstić information content (AvgIpc) is 2.58. The van der Waals surface area contributed by atoms with Crippen LogP contribution in [0.2, 0.25) is 0 Å². The number of sulfonamides is 1. The van der Waals surface area contributed by atoms with Crippen LogP contribution in [0, 0.1) is 30.6 Å². The van der Waals surface area contributed by atoms with Crippen molar-refractivity contribution in [3.8, 4) is 18.4 Å². The summed E-state index contributed by atoms with van der Waals surface area (Å²) in [6.07, 6.45) is 5.11. The van der Waals surface area contributed by atoms with Gasteiger partial charge in [0.2, 0.25) is 10.0 Å². The van der Waals surface area contributed by atoms with Gasteiger partial charge in [0.25, 0.3) is 0 Å². The van der Waals surface area contributed by atoms with Gasteiger partial charge in [0, 0.05) is 4.88 Å². The number of hydrogen-bond donors (Lipinski definition) is 0. The van der Waals surface area contributed by atoms with E-state index in [9.17, 15) is 8.42 Å². The standard InChI is InChI=1S/C10H9BrN2O2S2/c1-3-5-13(6-4-12)17(14,15)9-7-10(11)16-8(9)2/h1,7H,5-6H2,2H3. The molecule has 0 radical (unpaired) electrons. The van der Waals surface area contributed by atoms with Gasteiger partial charge in [-0.25, -0.2) is 8.42 Å². The van der Waals surface area contributed by atoms with Crippen molar-refractivity contribution in [1.29, 1.82) is 5.26 Å². The van der Waals surface area contributed by atoms with Crippen LogP contribution in [0.15, 0.2) is 14.7 Å². The summed E-state index contributed by atoms with van der Waals surface area (Å²) in [5.41, 5.74) is 0. The predicted octanol–water partition coefficient (Wildman–Crippen LogP) is 1.97. The molecule has 0 spiro atoms. The van der Waals surface area contributed by atoms with Gasteiger partial charge in [0.1, 0.15) is 6.54 Å². The van der Waals surface area contributed by atoms with Crippen LogP contribution in [-0.2, 0) is 10.0 Å². The monoisotopic (exact) mass is 332 g/mol. The Balaban J connectivity index is 3.22. The van der Waals surface area contributed by atoms with Gasteiger partial charge in [-0.15, -0.1) is 17.8 Å². The molecule has 0 saturated carbocycles. The number of aryl methyl sites for hydroxylation is 1. The molecule has 0 aliphatic carbocycles. The molecule has 0 fully saturated rings. The van der Waals surface area contributed by atoms with Gasteiger partial charge in [-0.3, -0.25) is 0 Å². The normalized spacial score (nSPS) is 11.1. The number of rotatable bonds is 4. The van der Waals surface area contributed by atoms with Gasteiger partial charge in [-0.05, 0) is 28.9 Å². The maximum atomic E-state index is 12.2. The number of nitrogens with zero attached hydrogens (tertiary/aromatic N) is 2. The Morgan fingerprint density at radius 2 is 2.24 bits per heavy atom. The molecule has 0 amide bonds. The average molecular weight is 333 g/mol. The summed E-state index contributed by atoms with van der Waals surface area (Å²) >= 11 is 4.56. The van der Waals surface area contributed by atoms with E-state index in [-0.39, 0.29) is 18.0 Å². The van der Waals surface area contributed by atoms with Crippen LogP contribution in [-0.4, -0.2) is 25.8 Å². The Morgan fingerprint density at radius 3 is 2.65 bits per heavy atom. The smallest absolute Gasteiger partial charge is 0.207 e. The first-order valence-electron chi connectivity index (χ1n) is 4.50. The van der Waals surface area contributed by atoms with E-state index >= 15 is 0 Å². The molecule has 1 aromatic rings. The third kappa shape index (κ3) is 3.08. The third-order valence-corrected chi connectivity index (χ3v) is 5.58. The highest BCUT2D eigenvalue weighted by Crippen LogP contribution is 2.31. The summed E-state index contributed by atoms with van der Waals surface area (Å²) < 4.78 is 26.1. The molecule has 0 aliphatic rings. The van der Waals surface area contributed by atoms with E-state index in [0.717, 1.165) is 8.09 Å². The van der Waals surface area contributed by atoms with Crippen LogP contribution in [0.25, 0.3) is 0 Å². The maximum Gasteiger partial charge on any atom is 0.246 e. The molecule has 0 saturated heterocycles. The number of halogens is 1. The molecule has 7 heteroatoms. The number of nitriles is 1. The predicted molar refractivity (Wildman–Crippen MR) is 70.0 cm³/mol. The van der Waals surface area contributed by atoms with Gasteiger partial charge in [0.15, 0.2) is 0 Å². The minimum Gasteiger partial charge on any atom is -0.207 e. The Kier molecular flexibility index (Phi) is 4.72. The van der Waals surface area contributed by atoms with E-state index in [2.05, 4.69) is 21.9 Å². The fourth-order valence-electron chi connectivity index (χ4n) is 1.23. The van der Waals surface area contributed by atoms with Crippen LogP contribution in [0.3, 0.4) is 0 Å².